The van der Waals surface area contributed by atoms with Crippen LogP contribution in [0.2, 0.25) is 0 Å². The van der Waals surface area contributed by atoms with E-state index in [9.17, 15) is 0 Å². The van der Waals surface area contributed by atoms with E-state index in [1.807, 2.05) is 224 Å². The molecule has 6 aromatic rings. The van der Waals surface area contributed by atoms with Crippen LogP contribution in [0.3, 0.4) is 0 Å². The van der Waals surface area contributed by atoms with Gasteiger partial charge in [-0.2, -0.15) is 0 Å². The van der Waals surface area contributed by atoms with Gasteiger partial charge in [0.1, 0.15) is 0 Å². The maximum atomic E-state index is 6.57. The van der Waals surface area contributed by atoms with Gasteiger partial charge >= 0.3 is 0 Å². The zero-order valence-corrected chi connectivity index (χ0v) is 80.7. The van der Waals surface area contributed by atoms with Crippen molar-refractivity contribution in [3.8, 4) is 0 Å². The Morgan fingerprint density at radius 2 is 0.409 bits per heavy atom. The fourth-order valence-corrected chi connectivity index (χ4v) is 16.8. The Labute approximate surface area is 786 Å². The Morgan fingerprint density at radius 3 is 0.583 bits per heavy atom. The van der Waals surface area contributed by atoms with E-state index in [2.05, 4.69) is 63.2 Å². The normalized spacial score (nSPS) is 25.6. The molecule has 12 rings (SSSR count). The lowest BCUT2D eigenvalue weighted by Crippen LogP contribution is -2.42. The molecule has 6 aliphatic rings. The Morgan fingerprint density at radius 1 is 0.242 bits per heavy atom. The number of ether oxygens (including phenoxy) is 24. The molecule has 0 radical (unpaired) electrons. The summed E-state index contributed by atoms with van der Waals surface area (Å²) in [5.74, 6) is 0.595. The van der Waals surface area contributed by atoms with Gasteiger partial charge in [-0.15, -0.1) is 0 Å². The van der Waals surface area contributed by atoms with E-state index in [0.717, 1.165) is 59.4 Å². The number of hydrogen-bond acceptors (Lipinski definition) is 27. The van der Waals surface area contributed by atoms with E-state index in [-0.39, 0.29) is 109 Å². The lowest BCUT2D eigenvalue weighted by molar-refractivity contribution is -0.123. The molecule has 6 aliphatic heterocycles. The SMILES string of the molecule is CCC(COCC(C)OCC(C)OCC(C)OCC(C)CN(CC1COC(c2ccccc2)O1)CC1COC(c2ccccc2)O1)(COCC(C)OCC(C)OCC(C)OCC(C)CN(CC1COC(c2ccccc2)O1)CC1COC(c2ccccc2)O1)COCC(C)OCC(C)OCC(C)OCC(C)CN(CC1COC(c2ccccc2)O1)CC1COC(c2ccccc2)O1. The summed E-state index contributed by atoms with van der Waals surface area (Å²) in [5, 5.41) is 0. The molecule has 6 aromatic carbocycles. The summed E-state index contributed by atoms with van der Waals surface area (Å²) >= 11 is 0. The molecule has 0 saturated carbocycles. The number of hydrogen-bond donors (Lipinski definition) is 0. The van der Waals surface area contributed by atoms with Crippen molar-refractivity contribution < 1.29 is 114 Å². The Kier molecular flexibility index (Phi) is 45.4. The second-order valence-electron chi connectivity index (χ2n) is 37.7. The zero-order chi connectivity index (χ0) is 92.7. The van der Waals surface area contributed by atoms with Crippen LogP contribution in [0, 0.1) is 23.2 Å². The zero-order valence-electron chi connectivity index (χ0n) is 80.7. The summed E-state index contributed by atoms with van der Waals surface area (Å²) in [7, 11) is 0. The quantitative estimate of drug-likeness (QED) is 0.0345. The lowest BCUT2D eigenvalue weighted by atomic mass is 9.88. The first kappa shape index (κ1) is 105. The predicted molar refractivity (Wildman–Crippen MR) is 501 cm³/mol. The molecule has 0 bridgehead atoms. The third-order valence-corrected chi connectivity index (χ3v) is 24.1. The molecule has 0 amide bonds. The minimum Gasteiger partial charge on any atom is -0.378 e. The maximum absolute atomic E-state index is 6.57. The molecule has 734 valence electrons. The van der Waals surface area contributed by atoms with Gasteiger partial charge in [0, 0.05) is 97.7 Å². The molecule has 27 heteroatoms. The van der Waals surface area contributed by atoms with Gasteiger partial charge in [-0.1, -0.05) is 210 Å². The standard InChI is InChI=1S/C105H155N3O24/c1-14-105(72-109-57-78(5)115-63-84(11)118-60-81(8)112-54-75(2)45-106(48-93-66-121-99(127-93)87-33-21-15-22-34-87)49-94-67-122-100(128-94)88-35-23-16-24-36-88,73-110-58-79(6)116-64-85(12)119-61-82(9)113-55-76(3)46-107(50-95-68-123-101(129-95)89-37-25-17-26-38-89)51-96-69-124-102(130-96)90-39-27-18-28-40-90)74-111-59-80(7)117-65-86(13)120-62-83(10)114-56-77(4)47-108(52-97-70-125-103(131-97)91-41-29-19-30-42-91)53-98-71-126-104(132-98)92-43-31-20-32-44-92/h15-44,75-86,93-104H,14,45-74H2,1-13H3. The largest absolute Gasteiger partial charge is 0.378 e. The van der Waals surface area contributed by atoms with Crippen LogP contribution in [0.25, 0.3) is 0 Å². The van der Waals surface area contributed by atoms with Gasteiger partial charge in [0.15, 0.2) is 37.7 Å². The van der Waals surface area contributed by atoms with Crippen molar-refractivity contribution in [2.24, 2.45) is 23.2 Å². The minimum absolute atomic E-state index is 0.100. The molecule has 6 saturated heterocycles. The van der Waals surface area contributed by atoms with Gasteiger partial charge in [0.25, 0.3) is 0 Å². The third kappa shape index (κ3) is 37.2. The van der Waals surface area contributed by atoms with Crippen LogP contribution in [-0.2, 0) is 114 Å². The van der Waals surface area contributed by atoms with Crippen molar-refractivity contribution >= 4 is 0 Å². The molecule has 0 aromatic heterocycles. The lowest BCUT2D eigenvalue weighted by Gasteiger charge is -2.33. The average molecular weight is 1840 g/mol. The van der Waals surface area contributed by atoms with Crippen LogP contribution in [-0.4, -0.2) is 304 Å². The number of benzene rings is 6. The highest BCUT2D eigenvalue weighted by molar-refractivity contribution is 5.21. The Balaban J connectivity index is 0.565. The first-order chi connectivity index (χ1) is 64.2. The van der Waals surface area contributed by atoms with E-state index in [0.29, 0.717) is 178 Å². The van der Waals surface area contributed by atoms with Gasteiger partial charge in [-0.3, -0.25) is 14.7 Å². The van der Waals surface area contributed by atoms with Crippen molar-refractivity contribution in [3.63, 3.8) is 0 Å². The minimum atomic E-state index is -0.503. The second kappa shape index (κ2) is 57.0. The topological polar surface area (TPSA) is 231 Å². The molecular formula is C105H155N3O24. The van der Waals surface area contributed by atoms with Gasteiger partial charge in [-0.25, -0.2) is 0 Å². The molecule has 24 unspecified atom stereocenters. The average Bonchev–Trinajstić information content (AvgIpc) is 1.72. The fraction of sp³-hybridized carbons (Fsp3) is 0.657. The smallest absolute Gasteiger partial charge is 0.184 e. The molecular weight excluding hydrogens is 1690 g/mol. The number of nitrogens with zero attached hydrogens (tertiary/aromatic N) is 3. The second-order valence-corrected chi connectivity index (χ2v) is 37.7. The van der Waals surface area contributed by atoms with E-state index in [1.165, 1.54) is 0 Å². The molecule has 6 heterocycles. The summed E-state index contributed by atoms with van der Waals surface area (Å²) in [6.45, 7) is 42.8. The van der Waals surface area contributed by atoms with Gasteiger partial charge < -0.3 is 114 Å². The van der Waals surface area contributed by atoms with Crippen LogP contribution in [0.1, 0.15) is 168 Å². The first-order valence-electron chi connectivity index (χ1n) is 48.5. The van der Waals surface area contributed by atoms with Gasteiger partial charge in [0.2, 0.25) is 0 Å². The summed E-state index contributed by atoms with van der Waals surface area (Å²) in [5.41, 5.74) is 5.58. The van der Waals surface area contributed by atoms with E-state index in [1.54, 1.807) is 0 Å². The van der Waals surface area contributed by atoms with Crippen molar-refractivity contribution in [1.29, 1.82) is 0 Å². The Hall–Kier alpha value is -5.76. The van der Waals surface area contributed by atoms with Crippen LogP contribution in [0.15, 0.2) is 182 Å². The monoisotopic (exact) mass is 1840 g/mol. The molecule has 0 aliphatic carbocycles. The van der Waals surface area contributed by atoms with E-state index < -0.39 is 43.2 Å². The van der Waals surface area contributed by atoms with Gasteiger partial charge in [0.05, 0.1) is 230 Å². The molecule has 27 nitrogen and oxygen atoms in total. The predicted octanol–water partition coefficient (Wildman–Crippen LogP) is 15.6. The molecule has 6 fully saturated rings. The van der Waals surface area contributed by atoms with Crippen molar-refractivity contribution in [2.75, 3.05) is 198 Å². The van der Waals surface area contributed by atoms with E-state index in [4.69, 9.17) is 114 Å². The number of rotatable bonds is 64. The Bertz CT molecular complexity index is 3430. The van der Waals surface area contributed by atoms with E-state index >= 15 is 0 Å². The summed E-state index contributed by atoms with van der Waals surface area (Å²) < 4.78 is 153. The van der Waals surface area contributed by atoms with Crippen LogP contribution in [0.5, 0.6) is 0 Å². The van der Waals surface area contributed by atoms with Crippen LogP contribution >= 0.6 is 0 Å². The highest BCUT2D eigenvalue weighted by atomic mass is 16.8. The fourth-order valence-electron chi connectivity index (χ4n) is 16.8. The van der Waals surface area contributed by atoms with Crippen molar-refractivity contribution in [1.82, 2.24) is 14.7 Å². The van der Waals surface area contributed by atoms with Crippen molar-refractivity contribution in [2.45, 2.75) is 226 Å². The third-order valence-electron chi connectivity index (χ3n) is 24.1. The van der Waals surface area contributed by atoms with Crippen molar-refractivity contribution in [3.05, 3.63) is 215 Å². The maximum Gasteiger partial charge on any atom is 0.184 e. The molecule has 0 N–H and O–H groups in total. The van der Waals surface area contributed by atoms with Gasteiger partial charge in [-0.05, 0) is 86.5 Å². The summed E-state index contributed by atoms with van der Waals surface area (Å²) in [4.78, 5) is 7.21. The molecule has 24 atom stereocenters. The molecule has 132 heavy (non-hydrogen) atoms. The highest BCUT2D eigenvalue weighted by Crippen LogP contribution is 2.36. The summed E-state index contributed by atoms with van der Waals surface area (Å²) in [6, 6.07) is 60.6. The molecule has 0 spiro atoms. The highest BCUT2D eigenvalue weighted by Gasteiger charge is 2.39. The summed E-state index contributed by atoms with van der Waals surface area (Å²) in [6.07, 6.45) is -3.88. The van der Waals surface area contributed by atoms with Crippen LogP contribution < -0.4 is 0 Å². The first-order valence-corrected chi connectivity index (χ1v) is 48.5. The van der Waals surface area contributed by atoms with Crippen LogP contribution in [0.4, 0.5) is 0 Å².